The van der Waals surface area contributed by atoms with Crippen molar-refractivity contribution in [1.29, 1.82) is 0 Å². The number of halogens is 2. The quantitative estimate of drug-likeness (QED) is 0.203. The van der Waals surface area contributed by atoms with Gasteiger partial charge in [-0.1, -0.05) is 12.1 Å². The zero-order valence-corrected chi connectivity index (χ0v) is 18.6. The summed E-state index contributed by atoms with van der Waals surface area (Å²) in [6.45, 7) is 4.30. The molecule has 0 saturated carbocycles. The van der Waals surface area contributed by atoms with Crippen LogP contribution < -0.4 is 10.6 Å². The molecule has 0 bridgehead atoms. The molecule has 1 aliphatic rings. The number of likely N-dealkylation sites (tertiary alicyclic amines) is 1. The minimum Gasteiger partial charge on any atom is -0.466 e. The standard InChI is InChI=1S/C19H27FN4O3.HI/c1-3-27-18(26)14-7-6-12-24(13-14)19(21-2)23-11-10-22-17(25)15-8-4-5-9-16(15)20;/h4-5,8-9,14H,3,6-7,10-13H2,1-2H3,(H,21,23)(H,22,25);1H/t14-;/m0./s1. The third kappa shape index (κ3) is 6.92. The number of carbonyl (C=O) groups excluding carboxylic acids is 2. The number of esters is 1. The average molecular weight is 506 g/mol. The molecule has 0 aliphatic carbocycles. The monoisotopic (exact) mass is 506 g/mol. The van der Waals surface area contributed by atoms with Crippen LogP contribution in [-0.4, -0.2) is 62.6 Å². The van der Waals surface area contributed by atoms with Gasteiger partial charge in [0.1, 0.15) is 5.82 Å². The smallest absolute Gasteiger partial charge is 0.310 e. The Bertz CT molecular complexity index is 687. The van der Waals surface area contributed by atoms with Gasteiger partial charge >= 0.3 is 5.97 Å². The van der Waals surface area contributed by atoms with E-state index >= 15 is 0 Å². The lowest BCUT2D eigenvalue weighted by atomic mass is 9.98. The summed E-state index contributed by atoms with van der Waals surface area (Å²) < 4.78 is 18.7. The van der Waals surface area contributed by atoms with Gasteiger partial charge < -0.3 is 20.3 Å². The van der Waals surface area contributed by atoms with Crippen LogP contribution in [0.25, 0.3) is 0 Å². The molecular formula is C19H28FIN4O3. The highest BCUT2D eigenvalue weighted by molar-refractivity contribution is 14.0. The fraction of sp³-hybridized carbons (Fsp3) is 0.526. The van der Waals surface area contributed by atoms with E-state index < -0.39 is 11.7 Å². The van der Waals surface area contributed by atoms with E-state index in [4.69, 9.17) is 4.74 Å². The fourth-order valence-corrected chi connectivity index (χ4v) is 3.05. The summed E-state index contributed by atoms with van der Waals surface area (Å²) in [4.78, 5) is 30.2. The minimum absolute atomic E-state index is 0. The Morgan fingerprint density at radius 2 is 2.00 bits per heavy atom. The first-order valence-electron chi connectivity index (χ1n) is 9.21. The largest absolute Gasteiger partial charge is 0.466 e. The van der Waals surface area contributed by atoms with Crippen molar-refractivity contribution >= 4 is 41.8 Å². The summed E-state index contributed by atoms with van der Waals surface area (Å²) in [5, 5.41) is 5.84. The van der Waals surface area contributed by atoms with Crippen molar-refractivity contribution in [2.75, 3.05) is 39.8 Å². The first kappa shape index (κ1) is 24.1. The summed E-state index contributed by atoms with van der Waals surface area (Å²) in [5.41, 5.74) is 0.0233. The van der Waals surface area contributed by atoms with E-state index in [2.05, 4.69) is 15.6 Å². The number of ether oxygens (including phenoxy) is 1. The number of benzene rings is 1. The van der Waals surface area contributed by atoms with Gasteiger partial charge in [0.05, 0.1) is 18.1 Å². The molecule has 2 N–H and O–H groups in total. The minimum atomic E-state index is -0.544. The molecule has 7 nitrogen and oxygen atoms in total. The van der Waals surface area contributed by atoms with Crippen molar-refractivity contribution in [1.82, 2.24) is 15.5 Å². The molecule has 9 heteroatoms. The average Bonchev–Trinajstić information content (AvgIpc) is 2.68. The van der Waals surface area contributed by atoms with Crippen molar-refractivity contribution in [2.45, 2.75) is 19.8 Å². The Hall–Kier alpha value is -1.91. The molecule has 1 atom stereocenters. The zero-order chi connectivity index (χ0) is 19.6. The molecule has 0 aromatic heterocycles. The van der Waals surface area contributed by atoms with Crippen LogP contribution in [0.4, 0.5) is 4.39 Å². The molecule has 1 fully saturated rings. The number of guanidine groups is 1. The predicted molar refractivity (Wildman–Crippen MR) is 116 cm³/mol. The Kier molecular flexibility index (Phi) is 10.8. The Balaban J connectivity index is 0.00000392. The molecule has 0 unspecified atom stereocenters. The number of piperidine rings is 1. The fourth-order valence-electron chi connectivity index (χ4n) is 3.05. The van der Waals surface area contributed by atoms with E-state index in [1.54, 1.807) is 26.1 Å². The summed E-state index contributed by atoms with van der Waals surface area (Å²) in [7, 11) is 1.67. The highest BCUT2D eigenvalue weighted by Crippen LogP contribution is 2.18. The Morgan fingerprint density at radius 1 is 1.29 bits per heavy atom. The summed E-state index contributed by atoms with van der Waals surface area (Å²) >= 11 is 0. The van der Waals surface area contributed by atoms with Crippen LogP contribution in [0.2, 0.25) is 0 Å². The van der Waals surface area contributed by atoms with Gasteiger partial charge in [0.25, 0.3) is 5.91 Å². The molecule has 1 heterocycles. The Labute approximate surface area is 182 Å². The number of carbonyl (C=O) groups is 2. The summed E-state index contributed by atoms with van der Waals surface area (Å²) in [6, 6.07) is 5.86. The third-order valence-corrected chi connectivity index (χ3v) is 4.36. The van der Waals surface area contributed by atoms with Crippen LogP contribution in [0, 0.1) is 11.7 Å². The first-order chi connectivity index (χ1) is 13.1. The third-order valence-electron chi connectivity index (χ3n) is 4.36. The normalized spacial score (nSPS) is 16.8. The van der Waals surface area contributed by atoms with Gasteiger partial charge in [0.15, 0.2) is 5.96 Å². The first-order valence-corrected chi connectivity index (χ1v) is 9.21. The highest BCUT2D eigenvalue weighted by atomic mass is 127. The van der Waals surface area contributed by atoms with Gasteiger partial charge in [-0.15, -0.1) is 24.0 Å². The molecular weight excluding hydrogens is 478 g/mol. The van der Waals surface area contributed by atoms with Gasteiger partial charge in [-0.2, -0.15) is 0 Å². The second-order valence-corrected chi connectivity index (χ2v) is 6.25. The van der Waals surface area contributed by atoms with Crippen LogP contribution in [0.5, 0.6) is 0 Å². The molecule has 2 rings (SSSR count). The molecule has 0 spiro atoms. The number of hydrogen-bond donors (Lipinski definition) is 2. The van der Waals surface area contributed by atoms with Crippen LogP contribution in [0.1, 0.15) is 30.1 Å². The predicted octanol–water partition coefficient (Wildman–Crippen LogP) is 2.02. The van der Waals surface area contributed by atoms with E-state index in [0.717, 1.165) is 19.4 Å². The van der Waals surface area contributed by atoms with E-state index in [1.165, 1.54) is 12.1 Å². The second-order valence-electron chi connectivity index (χ2n) is 6.25. The van der Waals surface area contributed by atoms with Gasteiger partial charge in [0, 0.05) is 33.2 Å². The highest BCUT2D eigenvalue weighted by Gasteiger charge is 2.28. The molecule has 1 aliphatic heterocycles. The number of nitrogens with one attached hydrogen (secondary N) is 2. The van der Waals surface area contributed by atoms with Crippen LogP contribution >= 0.6 is 24.0 Å². The molecule has 1 aromatic rings. The van der Waals surface area contributed by atoms with E-state index in [-0.39, 0.29) is 41.4 Å². The molecule has 1 saturated heterocycles. The van der Waals surface area contributed by atoms with Gasteiger partial charge in [-0.3, -0.25) is 14.6 Å². The molecule has 0 radical (unpaired) electrons. The van der Waals surface area contributed by atoms with Crippen LogP contribution in [-0.2, 0) is 9.53 Å². The van der Waals surface area contributed by atoms with Crippen LogP contribution in [0.3, 0.4) is 0 Å². The summed E-state index contributed by atoms with van der Waals surface area (Å²) in [5.74, 6) is -0.653. The maximum atomic E-state index is 13.6. The lowest BCUT2D eigenvalue weighted by Crippen LogP contribution is -2.49. The number of hydrogen-bond acceptors (Lipinski definition) is 4. The van der Waals surface area contributed by atoms with Crippen molar-refractivity contribution in [2.24, 2.45) is 10.9 Å². The van der Waals surface area contributed by atoms with E-state index in [9.17, 15) is 14.0 Å². The maximum Gasteiger partial charge on any atom is 0.310 e. The lowest BCUT2D eigenvalue weighted by Gasteiger charge is -2.33. The van der Waals surface area contributed by atoms with Crippen molar-refractivity contribution in [3.63, 3.8) is 0 Å². The van der Waals surface area contributed by atoms with Crippen molar-refractivity contribution < 1.29 is 18.7 Å². The molecule has 28 heavy (non-hydrogen) atoms. The van der Waals surface area contributed by atoms with Gasteiger partial charge in [-0.25, -0.2) is 4.39 Å². The van der Waals surface area contributed by atoms with E-state index in [1.807, 2.05) is 4.90 Å². The topological polar surface area (TPSA) is 83.0 Å². The van der Waals surface area contributed by atoms with Gasteiger partial charge in [-0.05, 0) is 31.9 Å². The number of amides is 1. The summed E-state index contributed by atoms with van der Waals surface area (Å²) in [6.07, 6.45) is 1.69. The van der Waals surface area contributed by atoms with Crippen molar-refractivity contribution in [3.05, 3.63) is 35.6 Å². The second kappa shape index (κ2) is 12.5. The van der Waals surface area contributed by atoms with Crippen LogP contribution in [0.15, 0.2) is 29.3 Å². The van der Waals surface area contributed by atoms with Gasteiger partial charge in [0.2, 0.25) is 0 Å². The maximum absolute atomic E-state index is 13.6. The SMILES string of the molecule is CCOC(=O)[C@H]1CCCN(C(=NC)NCCNC(=O)c2ccccc2F)C1.I. The number of aliphatic imine (C=N–C) groups is 1. The lowest BCUT2D eigenvalue weighted by molar-refractivity contribution is -0.149. The number of nitrogens with zero attached hydrogens (tertiary/aromatic N) is 2. The zero-order valence-electron chi connectivity index (χ0n) is 16.2. The molecule has 156 valence electrons. The Morgan fingerprint density at radius 3 is 2.68 bits per heavy atom. The molecule has 1 aromatic carbocycles. The molecule has 1 amide bonds. The van der Waals surface area contributed by atoms with E-state index in [0.29, 0.717) is 32.2 Å². The van der Waals surface area contributed by atoms with Crippen molar-refractivity contribution in [3.8, 4) is 0 Å². The number of rotatable bonds is 6.